The van der Waals surface area contributed by atoms with Gasteiger partial charge in [0.15, 0.2) is 0 Å². The molecule has 5 heteroatoms. The highest BCUT2D eigenvalue weighted by Gasteiger charge is 2.25. The molecule has 1 aromatic heterocycles. The molecule has 3 aromatic rings. The van der Waals surface area contributed by atoms with E-state index >= 15 is 0 Å². The van der Waals surface area contributed by atoms with E-state index in [9.17, 15) is 4.79 Å². The number of fused-ring (bicyclic) bond motifs is 1. The number of carbonyl (C=O) groups is 1. The van der Waals surface area contributed by atoms with Gasteiger partial charge in [0.25, 0.3) is 5.91 Å². The Morgan fingerprint density at radius 1 is 1.17 bits per heavy atom. The molecule has 0 bridgehead atoms. The Kier molecular flexibility index (Phi) is 3.54. The molecule has 0 fully saturated rings. The maximum Gasteiger partial charge on any atom is 0.276 e. The Labute approximate surface area is 139 Å². The zero-order valence-corrected chi connectivity index (χ0v) is 13.3. The molecule has 2 heterocycles. The van der Waals surface area contributed by atoms with Crippen molar-refractivity contribution in [3.05, 3.63) is 65.9 Å². The molecule has 0 radical (unpaired) electrons. The largest absolute Gasteiger partial charge is 0.490 e. The average Bonchev–Trinajstić information content (AvgIpc) is 3.11. The minimum absolute atomic E-state index is 0.100. The minimum atomic E-state index is -0.100. The fraction of sp³-hybridized carbons (Fsp3) is 0.158. The summed E-state index contributed by atoms with van der Waals surface area (Å²) in [6, 6.07) is 17.4. The number of carbonyl (C=O) groups excluding carboxylic acids is 1. The standard InChI is InChI=1S/C19H17N3O2/c1-13-6-8-14(9-7-13)15-12-16(21-20-15)19(23)22-10-11-24-18-5-3-2-4-17(18)22/h2-9,12H,10-11H2,1H3,(H,20,21). The quantitative estimate of drug-likeness (QED) is 0.787. The van der Waals surface area contributed by atoms with Crippen LogP contribution in [0.25, 0.3) is 11.3 Å². The first kappa shape index (κ1) is 14.5. The third kappa shape index (κ3) is 2.54. The van der Waals surface area contributed by atoms with Crippen LogP contribution in [0.4, 0.5) is 5.69 Å². The molecule has 1 aliphatic rings. The van der Waals surface area contributed by atoms with E-state index in [-0.39, 0.29) is 5.91 Å². The van der Waals surface area contributed by atoms with Crippen LogP contribution in [0, 0.1) is 6.92 Å². The number of aryl methyl sites for hydroxylation is 1. The van der Waals surface area contributed by atoms with E-state index in [4.69, 9.17) is 4.74 Å². The Hall–Kier alpha value is -3.08. The number of aromatic nitrogens is 2. The van der Waals surface area contributed by atoms with Gasteiger partial charge in [-0.2, -0.15) is 5.10 Å². The van der Waals surface area contributed by atoms with Crippen molar-refractivity contribution in [2.75, 3.05) is 18.1 Å². The molecular weight excluding hydrogens is 302 g/mol. The van der Waals surface area contributed by atoms with Gasteiger partial charge in [-0.1, -0.05) is 42.0 Å². The number of nitrogens with zero attached hydrogens (tertiary/aromatic N) is 2. The highest BCUT2D eigenvalue weighted by Crippen LogP contribution is 2.32. The van der Waals surface area contributed by atoms with E-state index in [0.717, 1.165) is 22.7 Å². The van der Waals surface area contributed by atoms with Crippen LogP contribution >= 0.6 is 0 Å². The summed E-state index contributed by atoms with van der Waals surface area (Å²) >= 11 is 0. The predicted molar refractivity (Wildman–Crippen MR) is 92.4 cm³/mol. The number of anilines is 1. The van der Waals surface area contributed by atoms with Crippen molar-refractivity contribution < 1.29 is 9.53 Å². The number of ether oxygens (including phenoxy) is 1. The van der Waals surface area contributed by atoms with E-state index in [0.29, 0.717) is 18.8 Å². The molecule has 0 saturated heterocycles. The second-order valence-corrected chi connectivity index (χ2v) is 5.81. The van der Waals surface area contributed by atoms with Crippen molar-refractivity contribution in [1.29, 1.82) is 0 Å². The van der Waals surface area contributed by atoms with Crippen molar-refractivity contribution in [2.45, 2.75) is 6.92 Å². The van der Waals surface area contributed by atoms with Gasteiger partial charge in [0.05, 0.1) is 17.9 Å². The first-order chi connectivity index (χ1) is 11.7. The molecule has 1 N–H and O–H groups in total. The van der Waals surface area contributed by atoms with Crippen LogP contribution < -0.4 is 9.64 Å². The summed E-state index contributed by atoms with van der Waals surface area (Å²) in [5.41, 5.74) is 4.20. The van der Waals surface area contributed by atoms with Gasteiger partial charge >= 0.3 is 0 Å². The maximum atomic E-state index is 12.9. The molecule has 0 unspecified atom stereocenters. The minimum Gasteiger partial charge on any atom is -0.490 e. The second-order valence-electron chi connectivity index (χ2n) is 5.81. The smallest absolute Gasteiger partial charge is 0.276 e. The lowest BCUT2D eigenvalue weighted by Gasteiger charge is -2.28. The summed E-state index contributed by atoms with van der Waals surface area (Å²) in [5, 5.41) is 7.15. The van der Waals surface area contributed by atoms with Crippen LogP contribution in [0.3, 0.4) is 0 Å². The number of hydrogen-bond donors (Lipinski definition) is 1. The van der Waals surface area contributed by atoms with Gasteiger partial charge in [-0.15, -0.1) is 0 Å². The zero-order valence-electron chi connectivity index (χ0n) is 13.3. The molecular formula is C19H17N3O2. The third-order valence-electron chi connectivity index (χ3n) is 4.13. The number of H-pyrrole nitrogens is 1. The summed E-state index contributed by atoms with van der Waals surface area (Å²) < 4.78 is 5.61. The lowest BCUT2D eigenvalue weighted by Crippen LogP contribution is -2.38. The molecule has 4 rings (SSSR count). The molecule has 24 heavy (non-hydrogen) atoms. The monoisotopic (exact) mass is 319 g/mol. The van der Waals surface area contributed by atoms with Gasteiger partial charge in [0, 0.05) is 5.56 Å². The van der Waals surface area contributed by atoms with Gasteiger partial charge in [-0.25, -0.2) is 0 Å². The summed E-state index contributed by atoms with van der Waals surface area (Å²) in [5.74, 6) is 0.631. The van der Waals surface area contributed by atoms with Crippen molar-refractivity contribution in [3.63, 3.8) is 0 Å². The van der Waals surface area contributed by atoms with Crippen LogP contribution in [-0.2, 0) is 0 Å². The van der Waals surface area contributed by atoms with Gasteiger partial charge in [0.1, 0.15) is 18.1 Å². The van der Waals surface area contributed by atoms with E-state index in [2.05, 4.69) is 10.2 Å². The fourth-order valence-corrected chi connectivity index (χ4v) is 2.83. The van der Waals surface area contributed by atoms with E-state index < -0.39 is 0 Å². The Morgan fingerprint density at radius 2 is 1.96 bits per heavy atom. The van der Waals surface area contributed by atoms with Crippen LogP contribution in [0.5, 0.6) is 5.75 Å². The van der Waals surface area contributed by atoms with Crippen molar-refractivity contribution >= 4 is 11.6 Å². The van der Waals surface area contributed by atoms with Crippen molar-refractivity contribution in [3.8, 4) is 17.0 Å². The number of hydrogen-bond acceptors (Lipinski definition) is 3. The van der Waals surface area contributed by atoms with Crippen LogP contribution in [0.15, 0.2) is 54.6 Å². The second kappa shape index (κ2) is 5.85. The molecule has 0 spiro atoms. The first-order valence-electron chi connectivity index (χ1n) is 7.88. The number of amides is 1. The number of benzene rings is 2. The van der Waals surface area contributed by atoms with Gasteiger partial charge in [-0.05, 0) is 25.1 Å². The molecule has 5 nitrogen and oxygen atoms in total. The first-order valence-corrected chi connectivity index (χ1v) is 7.88. The molecule has 0 atom stereocenters. The Morgan fingerprint density at radius 3 is 2.79 bits per heavy atom. The lowest BCUT2D eigenvalue weighted by atomic mass is 10.1. The van der Waals surface area contributed by atoms with Gasteiger partial charge < -0.3 is 9.64 Å². The van der Waals surface area contributed by atoms with E-state index in [1.165, 1.54) is 5.56 Å². The van der Waals surface area contributed by atoms with Crippen LogP contribution in [-0.4, -0.2) is 29.3 Å². The number of para-hydroxylation sites is 2. The molecule has 0 aliphatic carbocycles. The highest BCUT2D eigenvalue weighted by atomic mass is 16.5. The third-order valence-corrected chi connectivity index (χ3v) is 4.13. The Bertz CT molecular complexity index is 884. The molecule has 1 aliphatic heterocycles. The topological polar surface area (TPSA) is 58.2 Å². The Balaban J connectivity index is 1.63. The van der Waals surface area contributed by atoms with Crippen LogP contribution in [0.2, 0.25) is 0 Å². The number of nitrogens with one attached hydrogen (secondary N) is 1. The fourth-order valence-electron chi connectivity index (χ4n) is 2.83. The van der Waals surface area contributed by atoms with E-state index in [1.54, 1.807) is 11.0 Å². The lowest BCUT2D eigenvalue weighted by molar-refractivity contribution is 0.0972. The van der Waals surface area contributed by atoms with E-state index in [1.807, 2.05) is 55.5 Å². The summed E-state index contributed by atoms with van der Waals surface area (Å²) in [4.78, 5) is 14.6. The van der Waals surface area contributed by atoms with Crippen molar-refractivity contribution in [1.82, 2.24) is 10.2 Å². The van der Waals surface area contributed by atoms with Gasteiger partial charge in [0.2, 0.25) is 0 Å². The summed E-state index contributed by atoms with van der Waals surface area (Å²) in [7, 11) is 0. The number of aromatic amines is 1. The molecule has 0 saturated carbocycles. The summed E-state index contributed by atoms with van der Waals surface area (Å²) in [6.07, 6.45) is 0. The van der Waals surface area contributed by atoms with Crippen LogP contribution in [0.1, 0.15) is 16.1 Å². The van der Waals surface area contributed by atoms with Gasteiger partial charge in [-0.3, -0.25) is 9.89 Å². The summed E-state index contributed by atoms with van der Waals surface area (Å²) in [6.45, 7) is 3.05. The number of rotatable bonds is 2. The zero-order chi connectivity index (χ0) is 16.5. The van der Waals surface area contributed by atoms with Crippen molar-refractivity contribution in [2.24, 2.45) is 0 Å². The maximum absolute atomic E-state index is 12.9. The molecule has 2 aromatic carbocycles. The normalized spacial score (nSPS) is 13.3. The SMILES string of the molecule is Cc1ccc(-c2cc(C(=O)N3CCOc4ccccc43)[nH]n2)cc1. The molecule has 1 amide bonds. The predicted octanol–water partition coefficient (Wildman–Crippen LogP) is 3.42. The average molecular weight is 319 g/mol. The molecule has 120 valence electrons. The highest BCUT2D eigenvalue weighted by molar-refractivity contribution is 6.06.